The second-order valence-electron chi connectivity index (χ2n) is 6.61. The fourth-order valence-corrected chi connectivity index (χ4v) is 4.02. The van der Waals surface area contributed by atoms with E-state index in [1.54, 1.807) is 4.90 Å². The first-order chi connectivity index (χ1) is 11.8. The maximum atomic E-state index is 12.2. The van der Waals surface area contributed by atoms with Crippen molar-refractivity contribution in [1.29, 1.82) is 0 Å². The van der Waals surface area contributed by atoms with Gasteiger partial charge >= 0.3 is 6.09 Å². The maximum absolute atomic E-state index is 12.2. The molecule has 0 saturated heterocycles. The van der Waals surface area contributed by atoms with Crippen LogP contribution in [-0.4, -0.2) is 17.2 Å². The summed E-state index contributed by atoms with van der Waals surface area (Å²) in [6, 6.07) is 18.4. The summed E-state index contributed by atoms with van der Waals surface area (Å²) in [6.07, 6.45) is 4.48. The molecule has 3 nitrogen and oxygen atoms in total. The normalized spacial score (nSPS) is 15.7. The summed E-state index contributed by atoms with van der Waals surface area (Å²) < 4.78 is 0. The molecule has 0 atom stereocenters. The van der Waals surface area contributed by atoms with Gasteiger partial charge in [0.05, 0.1) is 5.69 Å². The molecule has 0 radical (unpaired) electrons. The molecule has 0 bridgehead atoms. The smallest absolute Gasteiger partial charge is 0.412 e. The van der Waals surface area contributed by atoms with E-state index in [-0.39, 0.29) is 6.04 Å². The molecule has 0 aliphatic heterocycles. The molecule has 0 aromatic heterocycles. The van der Waals surface area contributed by atoms with Crippen molar-refractivity contribution in [3.63, 3.8) is 0 Å². The van der Waals surface area contributed by atoms with Crippen LogP contribution in [0.3, 0.4) is 0 Å². The number of hydrogen-bond donors (Lipinski definition) is 1. The highest BCUT2D eigenvalue weighted by molar-refractivity contribution is 6.15. The zero-order valence-corrected chi connectivity index (χ0v) is 13.6. The fourth-order valence-electron chi connectivity index (χ4n) is 4.02. The Labute approximate surface area is 141 Å². The molecule has 4 rings (SSSR count). The highest BCUT2D eigenvalue weighted by atomic mass is 16.4. The number of benzene rings is 3. The van der Waals surface area contributed by atoms with E-state index < -0.39 is 6.09 Å². The molecular formula is C21H21NO2. The average molecular weight is 319 g/mol. The minimum Gasteiger partial charge on any atom is -0.465 e. The van der Waals surface area contributed by atoms with Crippen molar-refractivity contribution in [2.75, 3.05) is 4.90 Å². The number of nitrogens with zero attached hydrogens (tertiary/aromatic N) is 1. The summed E-state index contributed by atoms with van der Waals surface area (Å²) in [5.41, 5.74) is 0.850. The third kappa shape index (κ3) is 2.50. The van der Waals surface area contributed by atoms with Crippen LogP contribution in [0.4, 0.5) is 10.5 Å². The Morgan fingerprint density at radius 3 is 1.96 bits per heavy atom. The predicted octanol–water partition coefficient (Wildman–Crippen LogP) is 5.81. The van der Waals surface area contributed by atoms with E-state index in [0.717, 1.165) is 52.9 Å². The minimum absolute atomic E-state index is 0.0745. The molecule has 24 heavy (non-hydrogen) atoms. The highest BCUT2D eigenvalue weighted by Gasteiger charge is 2.29. The molecule has 1 aliphatic rings. The van der Waals surface area contributed by atoms with Gasteiger partial charge in [-0.2, -0.15) is 0 Å². The summed E-state index contributed by atoms with van der Waals surface area (Å²) in [5, 5.41) is 14.2. The number of rotatable bonds is 2. The Morgan fingerprint density at radius 1 is 0.875 bits per heavy atom. The molecule has 1 saturated carbocycles. The lowest BCUT2D eigenvalue weighted by Gasteiger charge is -2.33. The van der Waals surface area contributed by atoms with Gasteiger partial charge in [-0.05, 0) is 29.7 Å². The van der Waals surface area contributed by atoms with Crippen LogP contribution in [0.1, 0.15) is 32.1 Å². The van der Waals surface area contributed by atoms with E-state index in [1.807, 2.05) is 36.4 Å². The van der Waals surface area contributed by atoms with Gasteiger partial charge in [0.1, 0.15) is 0 Å². The Bertz CT molecular complexity index is 843. The van der Waals surface area contributed by atoms with Crippen LogP contribution in [0.15, 0.2) is 54.6 Å². The largest absolute Gasteiger partial charge is 0.465 e. The van der Waals surface area contributed by atoms with E-state index in [0.29, 0.717) is 0 Å². The van der Waals surface area contributed by atoms with Gasteiger partial charge in [-0.25, -0.2) is 4.79 Å². The van der Waals surface area contributed by atoms with E-state index in [9.17, 15) is 9.90 Å². The van der Waals surface area contributed by atoms with Gasteiger partial charge in [-0.1, -0.05) is 67.8 Å². The zero-order valence-electron chi connectivity index (χ0n) is 13.6. The van der Waals surface area contributed by atoms with Crippen LogP contribution in [-0.2, 0) is 0 Å². The summed E-state index contributed by atoms with van der Waals surface area (Å²) in [5.74, 6) is 0. The summed E-state index contributed by atoms with van der Waals surface area (Å²) >= 11 is 0. The van der Waals surface area contributed by atoms with Crippen molar-refractivity contribution >= 4 is 33.3 Å². The predicted molar refractivity (Wildman–Crippen MR) is 98.8 cm³/mol. The first-order valence-corrected chi connectivity index (χ1v) is 8.68. The Balaban J connectivity index is 2.01. The minimum atomic E-state index is -0.844. The molecule has 0 spiro atoms. The number of anilines is 1. The van der Waals surface area contributed by atoms with Gasteiger partial charge in [0.25, 0.3) is 0 Å². The van der Waals surface area contributed by atoms with Gasteiger partial charge in [0, 0.05) is 16.8 Å². The molecule has 0 heterocycles. The van der Waals surface area contributed by atoms with Gasteiger partial charge in [-0.3, -0.25) is 4.90 Å². The van der Waals surface area contributed by atoms with E-state index >= 15 is 0 Å². The standard InChI is InChI=1S/C21H21NO2/c23-21(24)22(17-10-2-1-3-11-17)20-18-12-6-4-8-15(18)14-16-9-5-7-13-19(16)20/h4-9,12-14,17H,1-3,10-11H2,(H,23,24). The lowest BCUT2D eigenvalue weighted by atomic mass is 9.92. The first kappa shape index (κ1) is 15.0. The van der Waals surface area contributed by atoms with Crippen LogP contribution in [0, 0.1) is 0 Å². The van der Waals surface area contributed by atoms with E-state index in [1.165, 1.54) is 6.42 Å². The van der Waals surface area contributed by atoms with Gasteiger partial charge in [-0.15, -0.1) is 0 Å². The SMILES string of the molecule is O=C(O)N(c1c2ccccc2cc2ccccc12)C1CCCCC1. The topological polar surface area (TPSA) is 40.5 Å². The van der Waals surface area contributed by atoms with Crippen LogP contribution < -0.4 is 4.90 Å². The Morgan fingerprint density at radius 2 is 1.42 bits per heavy atom. The second-order valence-corrected chi connectivity index (χ2v) is 6.61. The summed E-state index contributed by atoms with van der Waals surface area (Å²) in [7, 11) is 0. The Kier molecular flexibility index (Phi) is 3.85. The quantitative estimate of drug-likeness (QED) is 0.605. The van der Waals surface area contributed by atoms with Crippen molar-refractivity contribution in [3.05, 3.63) is 54.6 Å². The third-order valence-electron chi connectivity index (χ3n) is 5.13. The first-order valence-electron chi connectivity index (χ1n) is 8.68. The summed E-state index contributed by atoms with van der Waals surface area (Å²) in [4.78, 5) is 13.9. The van der Waals surface area contributed by atoms with Crippen molar-refractivity contribution in [1.82, 2.24) is 0 Å². The number of amides is 1. The average Bonchev–Trinajstić information content (AvgIpc) is 2.62. The van der Waals surface area contributed by atoms with Crippen LogP contribution >= 0.6 is 0 Å². The molecular weight excluding hydrogens is 298 g/mol. The molecule has 3 aromatic carbocycles. The monoisotopic (exact) mass is 319 g/mol. The molecule has 1 aliphatic carbocycles. The van der Waals surface area contributed by atoms with Crippen LogP contribution in [0.25, 0.3) is 21.5 Å². The molecule has 1 amide bonds. The molecule has 3 aromatic rings. The Hall–Kier alpha value is -2.55. The van der Waals surface area contributed by atoms with Gasteiger partial charge < -0.3 is 5.11 Å². The zero-order chi connectivity index (χ0) is 16.5. The fraction of sp³-hybridized carbons (Fsp3) is 0.286. The molecule has 122 valence electrons. The lowest BCUT2D eigenvalue weighted by Crippen LogP contribution is -2.41. The number of fused-ring (bicyclic) bond motifs is 2. The molecule has 1 N–H and O–H groups in total. The molecule has 3 heteroatoms. The highest BCUT2D eigenvalue weighted by Crippen LogP contribution is 2.38. The van der Waals surface area contributed by atoms with Crippen molar-refractivity contribution < 1.29 is 9.90 Å². The third-order valence-corrected chi connectivity index (χ3v) is 5.13. The van der Waals surface area contributed by atoms with Gasteiger partial charge in [0.2, 0.25) is 0 Å². The second kappa shape index (κ2) is 6.16. The van der Waals surface area contributed by atoms with Crippen molar-refractivity contribution in [2.24, 2.45) is 0 Å². The summed E-state index contributed by atoms with van der Waals surface area (Å²) in [6.45, 7) is 0. The number of hydrogen-bond acceptors (Lipinski definition) is 1. The van der Waals surface area contributed by atoms with E-state index in [2.05, 4.69) is 18.2 Å². The molecule has 0 unspecified atom stereocenters. The lowest BCUT2D eigenvalue weighted by molar-refractivity contribution is 0.196. The molecule has 1 fully saturated rings. The van der Waals surface area contributed by atoms with E-state index in [4.69, 9.17) is 0 Å². The number of carbonyl (C=O) groups is 1. The van der Waals surface area contributed by atoms with Crippen molar-refractivity contribution in [2.45, 2.75) is 38.1 Å². The van der Waals surface area contributed by atoms with Crippen LogP contribution in [0.2, 0.25) is 0 Å². The number of carboxylic acid groups (broad SMARTS) is 1. The van der Waals surface area contributed by atoms with Gasteiger partial charge in [0.15, 0.2) is 0 Å². The maximum Gasteiger partial charge on any atom is 0.412 e. The van der Waals surface area contributed by atoms with Crippen molar-refractivity contribution in [3.8, 4) is 0 Å². The van der Waals surface area contributed by atoms with Crippen LogP contribution in [0.5, 0.6) is 0 Å².